The Morgan fingerprint density at radius 1 is 1.05 bits per heavy atom. The maximum absolute atomic E-state index is 10.1. The van der Waals surface area contributed by atoms with Gasteiger partial charge in [0.05, 0.1) is 12.2 Å². The molecule has 19 heavy (non-hydrogen) atoms. The number of benzene rings is 1. The SMILES string of the molecule is O[C@H](C/C=C\[C@H](O)C1CCCCC1)c1ccccc1. The Labute approximate surface area is 115 Å². The molecular weight excluding hydrogens is 236 g/mol. The van der Waals surface area contributed by atoms with E-state index in [0.29, 0.717) is 12.3 Å². The van der Waals surface area contributed by atoms with Crippen molar-refractivity contribution in [2.24, 2.45) is 5.92 Å². The average molecular weight is 260 g/mol. The van der Waals surface area contributed by atoms with Crippen molar-refractivity contribution in [3.8, 4) is 0 Å². The first-order valence-electron chi connectivity index (χ1n) is 7.35. The van der Waals surface area contributed by atoms with Crippen LogP contribution in [0.15, 0.2) is 42.5 Å². The van der Waals surface area contributed by atoms with Crippen molar-refractivity contribution in [1.82, 2.24) is 0 Å². The molecule has 0 saturated heterocycles. The molecule has 1 saturated carbocycles. The van der Waals surface area contributed by atoms with Crippen LogP contribution in [-0.4, -0.2) is 16.3 Å². The molecule has 0 aromatic heterocycles. The second-order valence-corrected chi connectivity index (χ2v) is 5.48. The Bertz CT molecular complexity index is 380. The summed E-state index contributed by atoms with van der Waals surface area (Å²) in [6.45, 7) is 0. The zero-order valence-electron chi connectivity index (χ0n) is 11.4. The molecule has 0 radical (unpaired) electrons. The van der Waals surface area contributed by atoms with Gasteiger partial charge in [0, 0.05) is 0 Å². The third kappa shape index (κ3) is 4.48. The highest BCUT2D eigenvalue weighted by molar-refractivity contribution is 5.18. The van der Waals surface area contributed by atoms with Crippen LogP contribution < -0.4 is 0 Å². The van der Waals surface area contributed by atoms with Crippen molar-refractivity contribution in [3.05, 3.63) is 48.0 Å². The first-order chi connectivity index (χ1) is 9.27. The molecule has 2 rings (SSSR count). The summed E-state index contributed by atoms with van der Waals surface area (Å²) in [4.78, 5) is 0. The van der Waals surface area contributed by atoms with Gasteiger partial charge in [0.15, 0.2) is 0 Å². The van der Waals surface area contributed by atoms with Gasteiger partial charge in [-0.1, -0.05) is 61.7 Å². The molecular formula is C17H24O2. The molecule has 1 aliphatic rings. The topological polar surface area (TPSA) is 40.5 Å². The number of aliphatic hydroxyl groups excluding tert-OH is 2. The van der Waals surface area contributed by atoms with Gasteiger partial charge in [-0.25, -0.2) is 0 Å². The highest BCUT2D eigenvalue weighted by Crippen LogP contribution is 2.27. The van der Waals surface area contributed by atoms with Crippen molar-refractivity contribution < 1.29 is 10.2 Å². The third-order valence-electron chi connectivity index (χ3n) is 4.01. The molecule has 1 aromatic rings. The van der Waals surface area contributed by atoms with Gasteiger partial charge in [-0.3, -0.25) is 0 Å². The Morgan fingerprint density at radius 2 is 1.74 bits per heavy atom. The minimum Gasteiger partial charge on any atom is -0.389 e. The number of hydrogen-bond donors (Lipinski definition) is 2. The number of rotatable bonds is 5. The molecule has 0 aliphatic heterocycles. The van der Waals surface area contributed by atoms with Crippen LogP contribution in [0.2, 0.25) is 0 Å². The van der Waals surface area contributed by atoms with Crippen LogP contribution in [0.1, 0.15) is 50.2 Å². The Morgan fingerprint density at radius 3 is 2.42 bits per heavy atom. The molecule has 2 atom stereocenters. The summed E-state index contributed by atoms with van der Waals surface area (Å²) in [5.74, 6) is 0.416. The van der Waals surface area contributed by atoms with E-state index in [1.54, 1.807) is 0 Å². The van der Waals surface area contributed by atoms with Crippen LogP contribution in [0.4, 0.5) is 0 Å². The highest BCUT2D eigenvalue weighted by atomic mass is 16.3. The van der Waals surface area contributed by atoms with Crippen molar-refractivity contribution in [3.63, 3.8) is 0 Å². The highest BCUT2D eigenvalue weighted by Gasteiger charge is 2.19. The molecule has 0 bridgehead atoms. The van der Waals surface area contributed by atoms with E-state index < -0.39 is 6.10 Å². The monoisotopic (exact) mass is 260 g/mol. The fourth-order valence-electron chi connectivity index (χ4n) is 2.79. The van der Waals surface area contributed by atoms with E-state index in [1.165, 1.54) is 19.3 Å². The van der Waals surface area contributed by atoms with Crippen LogP contribution in [0.5, 0.6) is 0 Å². The molecule has 0 unspecified atom stereocenters. The molecule has 104 valence electrons. The minimum atomic E-state index is -0.476. The molecule has 2 nitrogen and oxygen atoms in total. The number of hydrogen-bond acceptors (Lipinski definition) is 2. The molecule has 2 N–H and O–H groups in total. The van der Waals surface area contributed by atoms with Gasteiger partial charge >= 0.3 is 0 Å². The van der Waals surface area contributed by atoms with E-state index in [4.69, 9.17) is 0 Å². The third-order valence-corrected chi connectivity index (χ3v) is 4.01. The summed E-state index contributed by atoms with van der Waals surface area (Å²) in [6, 6.07) is 9.66. The molecule has 1 fully saturated rings. The lowest BCUT2D eigenvalue weighted by Crippen LogP contribution is -2.20. The van der Waals surface area contributed by atoms with Gasteiger partial charge in [0.2, 0.25) is 0 Å². The van der Waals surface area contributed by atoms with E-state index in [2.05, 4.69) is 0 Å². The smallest absolute Gasteiger partial charge is 0.0824 e. The van der Waals surface area contributed by atoms with Crippen LogP contribution in [0, 0.1) is 5.92 Å². The molecule has 1 aromatic carbocycles. The van der Waals surface area contributed by atoms with E-state index in [9.17, 15) is 10.2 Å². The maximum atomic E-state index is 10.1. The van der Waals surface area contributed by atoms with Gasteiger partial charge in [-0.2, -0.15) is 0 Å². The Balaban J connectivity index is 1.79. The van der Waals surface area contributed by atoms with Crippen LogP contribution >= 0.6 is 0 Å². The lowest BCUT2D eigenvalue weighted by atomic mass is 9.85. The van der Waals surface area contributed by atoms with Crippen LogP contribution in [-0.2, 0) is 0 Å². The summed E-state index contributed by atoms with van der Waals surface area (Å²) in [6.07, 6.45) is 9.57. The van der Waals surface area contributed by atoms with Crippen LogP contribution in [0.25, 0.3) is 0 Å². The zero-order chi connectivity index (χ0) is 13.5. The second-order valence-electron chi connectivity index (χ2n) is 5.48. The minimum absolute atomic E-state index is 0.344. The van der Waals surface area contributed by atoms with E-state index in [-0.39, 0.29) is 6.10 Å². The summed E-state index contributed by atoms with van der Waals surface area (Å²) in [5, 5.41) is 20.1. The summed E-state index contributed by atoms with van der Waals surface area (Å²) in [5.41, 5.74) is 0.930. The maximum Gasteiger partial charge on any atom is 0.0824 e. The quantitative estimate of drug-likeness (QED) is 0.794. The molecule has 0 spiro atoms. The summed E-state index contributed by atoms with van der Waals surface area (Å²) < 4.78 is 0. The van der Waals surface area contributed by atoms with Crippen LogP contribution in [0.3, 0.4) is 0 Å². The van der Waals surface area contributed by atoms with Gasteiger partial charge in [-0.05, 0) is 30.7 Å². The fourth-order valence-corrected chi connectivity index (χ4v) is 2.79. The summed E-state index contributed by atoms with van der Waals surface area (Å²) >= 11 is 0. The van der Waals surface area contributed by atoms with Gasteiger partial charge in [0.1, 0.15) is 0 Å². The van der Waals surface area contributed by atoms with Gasteiger partial charge in [-0.15, -0.1) is 0 Å². The first kappa shape index (κ1) is 14.3. The molecule has 0 amide bonds. The lowest BCUT2D eigenvalue weighted by Gasteiger charge is -2.24. The standard InChI is InChI=1S/C17H24O2/c18-16(14-8-3-1-4-9-14)12-7-13-17(19)15-10-5-2-6-11-15/h1,3-4,7-9,13,15-19H,2,5-6,10-12H2/b13-7-/t16-,17+/m1/s1. The van der Waals surface area contributed by atoms with Crippen molar-refractivity contribution in [2.75, 3.05) is 0 Å². The van der Waals surface area contributed by atoms with E-state index >= 15 is 0 Å². The van der Waals surface area contributed by atoms with Crippen molar-refractivity contribution in [1.29, 1.82) is 0 Å². The lowest BCUT2D eigenvalue weighted by molar-refractivity contribution is 0.124. The Hall–Kier alpha value is -1.12. The number of aliphatic hydroxyl groups is 2. The van der Waals surface area contributed by atoms with Crippen molar-refractivity contribution >= 4 is 0 Å². The molecule has 1 aliphatic carbocycles. The average Bonchev–Trinajstić information content (AvgIpc) is 2.49. The van der Waals surface area contributed by atoms with Gasteiger partial charge in [0.25, 0.3) is 0 Å². The van der Waals surface area contributed by atoms with E-state index in [0.717, 1.165) is 18.4 Å². The van der Waals surface area contributed by atoms with E-state index in [1.807, 2.05) is 42.5 Å². The van der Waals surface area contributed by atoms with Crippen molar-refractivity contribution in [2.45, 2.75) is 50.7 Å². The fraction of sp³-hybridized carbons (Fsp3) is 0.529. The normalized spacial score (nSPS) is 20.5. The van der Waals surface area contributed by atoms with Gasteiger partial charge < -0.3 is 10.2 Å². The first-order valence-corrected chi connectivity index (χ1v) is 7.35. The summed E-state index contributed by atoms with van der Waals surface area (Å²) in [7, 11) is 0. The Kier molecular flexibility index (Phi) is 5.62. The predicted molar refractivity (Wildman–Crippen MR) is 77.7 cm³/mol. The predicted octanol–water partition coefficient (Wildman–Crippen LogP) is 3.61. The zero-order valence-corrected chi connectivity index (χ0v) is 11.4. The molecule has 0 heterocycles. The largest absolute Gasteiger partial charge is 0.389 e. The second kappa shape index (κ2) is 7.46. The molecule has 2 heteroatoms.